The maximum absolute atomic E-state index is 4.41. The van der Waals surface area contributed by atoms with E-state index in [2.05, 4.69) is 49.3 Å². The van der Waals surface area contributed by atoms with Crippen LogP contribution in [0, 0.1) is 13.8 Å². The van der Waals surface area contributed by atoms with Gasteiger partial charge in [-0.15, -0.1) is 11.3 Å². The molecule has 2 aromatic heterocycles. The number of thiophene rings is 1. The number of pyridine rings is 1. The van der Waals surface area contributed by atoms with Crippen LogP contribution in [0.2, 0.25) is 0 Å². The van der Waals surface area contributed by atoms with Crippen molar-refractivity contribution in [2.45, 2.75) is 33.2 Å². The van der Waals surface area contributed by atoms with Crippen molar-refractivity contribution in [3.8, 4) is 0 Å². The molecule has 0 spiro atoms. The van der Waals surface area contributed by atoms with Crippen LogP contribution < -0.4 is 5.32 Å². The summed E-state index contributed by atoms with van der Waals surface area (Å²) in [6.45, 7) is 7.45. The fourth-order valence-electron chi connectivity index (χ4n) is 2.06. The lowest BCUT2D eigenvalue weighted by atomic mass is 10.0. The maximum Gasteiger partial charge on any atom is 0.0688 e. The summed E-state index contributed by atoms with van der Waals surface area (Å²) in [5.74, 6) is 0. The highest BCUT2D eigenvalue weighted by Gasteiger charge is 2.17. The predicted molar refractivity (Wildman–Crippen MR) is 78.2 cm³/mol. The van der Waals surface area contributed by atoms with Crippen LogP contribution in [0.25, 0.3) is 0 Å². The highest BCUT2D eigenvalue weighted by molar-refractivity contribution is 7.12. The van der Waals surface area contributed by atoms with Gasteiger partial charge in [-0.05, 0) is 50.6 Å². The zero-order valence-corrected chi connectivity index (χ0v) is 12.1. The van der Waals surface area contributed by atoms with E-state index < -0.39 is 0 Å². The van der Waals surface area contributed by atoms with Crippen molar-refractivity contribution in [2.75, 3.05) is 6.54 Å². The first-order valence-corrected chi connectivity index (χ1v) is 7.25. The zero-order valence-electron chi connectivity index (χ0n) is 11.2. The maximum atomic E-state index is 4.41. The summed E-state index contributed by atoms with van der Waals surface area (Å²) in [7, 11) is 0. The Balaban J connectivity index is 2.33. The largest absolute Gasteiger partial charge is 0.306 e. The number of nitrogens with one attached hydrogen (secondary N) is 1. The molecule has 2 aromatic rings. The molecule has 0 radical (unpaired) electrons. The molecule has 1 unspecified atom stereocenters. The van der Waals surface area contributed by atoms with Crippen molar-refractivity contribution in [2.24, 2.45) is 0 Å². The fourth-order valence-corrected chi connectivity index (χ4v) is 3.03. The van der Waals surface area contributed by atoms with E-state index in [-0.39, 0.29) is 6.04 Å². The lowest BCUT2D eigenvalue weighted by Gasteiger charge is -2.19. The van der Waals surface area contributed by atoms with E-state index in [9.17, 15) is 0 Å². The smallest absolute Gasteiger partial charge is 0.0688 e. The first-order chi connectivity index (χ1) is 8.72. The lowest BCUT2D eigenvalue weighted by Crippen LogP contribution is -2.23. The molecular weight excluding hydrogens is 240 g/mol. The SMILES string of the molecule is CCCNC(c1ccc(C)s1)c1cccnc1C. The standard InChI is InChI=1S/C15H20N2S/c1-4-9-17-15(14-8-7-11(2)18-14)13-6-5-10-16-12(13)3/h5-8,10,15,17H,4,9H2,1-3H3. The molecule has 0 saturated carbocycles. The van der Waals surface area contributed by atoms with Crippen LogP contribution in [-0.4, -0.2) is 11.5 Å². The van der Waals surface area contributed by atoms with E-state index in [1.807, 2.05) is 23.6 Å². The van der Waals surface area contributed by atoms with Gasteiger partial charge in [0.05, 0.1) is 6.04 Å². The Kier molecular flexibility index (Phi) is 4.50. The van der Waals surface area contributed by atoms with Crippen LogP contribution in [0.1, 0.15) is 40.4 Å². The van der Waals surface area contributed by atoms with E-state index in [1.165, 1.54) is 15.3 Å². The summed E-state index contributed by atoms with van der Waals surface area (Å²) in [6.07, 6.45) is 3.00. The fraction of sp³-hybridized carbons (Fsp3) is 0.400. The Morgan fingerprint density at radius 2 is 2.11 bits per heavy atom. The zero-order chi connectivity index (χ0) is 13.0. The van der Waals surface area contributed by atoms with E-state index in [1.54, 1.807) is 0 Å². The monoisotopic (exact) mass is 260 g/mol. The van der Waals surface area contributed by atoms with Crippen molar-refractivity contribution in [1.29, 1.82) is 0 Å². The van der Waals surface area contributed by atoms with Crippen LogP contribution in [0.4, 0.5) is 0 Å². The number of rotatable bonds is 5. The van der Waals surface area contributed by atoms with E-state index >= 15 is 0 Å². The molecule has 2 heterocycles. The second-order valence-corrected chi connectivity index (χ2v) is 5.83. The predicted octanol–water partition coefficient (Wildman–Crippen LogP) is 3.85. The van der Waals surface area contributed by atoms with Gasteiger partial charge in [0.25, 0.3) is 0 Å². The van der Waals surface area contributed by atoms with Crippen molar-refractivity contribution >= 4 is 11.3 Å². The van der Waals surface area contributed by atoms with Gasteiger partial charge in [-0.1, -0.05) is 13.0 Å². The van der Waals surface area contributed by atoms with Gasteiger partial charge in [-0.2, -0.15) is 0 Å². The average Bonchev–Trinajstić information content (AvgIpc) is 2.78. The number of aromatic nitrogens is 1. The highest BCUT2D eigenvalue weighted by Crippen LogP contribution is 2.29. The molecule has 0 amide bonds. The number of hydrogen-bond donors (Lipinski definition) is 1. The molecule has 2 rings (SSSR count). The topological polar surface area (TPSA) is 24.9 Å². The lowest BCUT2D eigenvalue weighted by molar-refractivity contribution is 0.601. The third-order valence-electron chi connectivity index (χ3n) is 3.00. The number of nitrogens with zero attached hydrogens (tertiary/aromatic N) is 1. The molecule has 0 aliphatic rings. The summed E-state index contributed by atoms with van der Waals surface area (Å²) < 4.78 is 0. The normalized spacial score (nSPS) is 12.6. The molecular formula is C15H20N2S. The first kappa shape index (κ1) is 13.2. The third-order valence-corrected chi connectivity index (χ3v) is 4.07. The van der Waals surface area contributed by atoms with Crippen LogP contribution in [0.5, 0.6) is 0 Å². The molecule has 0 bridgehead atoms. The molecule has 0 saturated heterocycles. The van der Waals surface area contributed by atoms with Crippen LogP contribution in [0.3, 0.4) is 0 Å². The molecule has 2 nitrogen and oxygen atoms in total. The van der Waals surface area contributed by atoms with Crippen molar-refractivity contribution in [1.82, 2.24) is 10.3 Å². The second-order valence-electron chi connectivity index (χ2n) is 4.51. The summed E-state index contributed by atoms with van der Waals surface area (Å²) in [4.78, 5) is 7.13. The van der Waals surface area contributed by atoms with E-state index in [0.717, 1.165) is 18.7 Å². The molecule has 1 N–H and O–H groups in total. The number of hydrogen-bond acceptors (Lipinski definition) is 3. The second kappa shape index (κ2) is 6.12. The Morgan fingerprint density at radius 1 is 1.28 bits per heavy atom. The van der Waals surface area contributed by atoms with Gasteiger partial charge < -0.3 is 5.32 Å². The van der Waals surface area contributed by atoms with E-state index in [4.69, 9.17) is 0 Å². The molecule has 18 heavy (non-hydrogen) atoms. The van der Waals surface area contributed by atoms with Gasteiger partial charge in [0, 0.05) is 21.6 Å². The molecule has 1 atom stereocenters. The summed E-state index contributed by atoms with van der Waals surface area (Å²) in [5.41, 5.74) is 2.39. The summed E-state index contributed by atoms with van der Waals surface area (Å²) in [6, 6.07) is 8.87. The van der Waals surface area contributed by atoms with Crippen LogP contribution in [0.15, 0.2) is 30.5 Å². The quantitative estimate of drug-likeness (QED) is 0.883. The molecule has 0 aliphatic carbocycles. The Labute approximate surface area is 113 Å². The van der Waals surface area contributed by atoms with Crippen LogP contribution in [-0.2, 0) is 0 Å². The van der Waals surface area contributed by atoms with Gasteiger partial charge in [0.2, 0.25) is 0 Å². The van der Waals surface area contributed by atoms with Gasteiger partial charge >= 0.3 is 0 Å². The van der Waals surface area contributed by atoms with Gasteiger partial charge in [0.15, 0.2) is 0 Å². The van der Waals surface area contributed by atoms with Gasteiger partial charge in [-0.25, -0.2) is 0 Å². The summed E-state index contributed by atoms with van der Waals surface area (Å²) in [5, 5.41) is 3.63. The minimum Gasteiger partial charge on any atom is -0.306 e. The van der Waals surface area contributed by atoms with Gasteiger partial charge in [0.1, 0.15) is 0 Å². The molecule has 3 heteroatoms. The van der Waals surface area contributed by atoms with Crippen molar-refractivity contribution < 1.29 is 0 Å². The van der Waals surface area contributed by atoms with Gasteiger partial charge in [-0.3, -0.25) is 4.98 Å². The van der Waals surface area contributed by atoms with E-state index in [0.29, 0.717) is 0 Å². The molecule has 0 fully saturated rings. The number of aryl methyl sites for hydroxylation is 2. The molecule has 0 aliphatic heterocycles. The van der Waals surface area contributed by atoms with Crippen molar-refractivity contribution in [3.63, 3.8) is 0 Å². The highest BCUT2D eigenvalue weighted by atomic mass is 32.1. The Morgan fingerprint density at radius 3 is 2.72 bits per heavy atom. The third kappa shape index (κ3) is 2.98. The molecule has 96 valence electrons. The summed E-state index contributed by atoms with van der Waals surface area (Å²) >= 11 is 1.86. The average molecular weight is 260 g/mol. The van der Waals surface area contributed by atoms with Crippen LogP contribution >= 0.6 is 11.3 Å². The first-order valence-electron chi connectivity index (χ1n) is 6.43. The minimum absolute atomic E-state index is 0.275. The Bertz CT molecular complexity index is 505. The Hall–Kier alpha value is -1.19. The molecule has 0 aromatic carbocycles. The van der Waals surface area contributed by atoms with Crippen molar-refractivity contribution in [3.05, 3.63) is 51.5 Å². The minimum atomic E-state index is 0.275.